The van der Waals surface area contributed by atoms with Crippen LogP contribution >= 0.6 is 0 Å². The van der Waals surface area contributed by atoms with E-state index in [1.165, 1.54) is 35.2 Å². The lowest BCUT2D eigenvalue weighted by atomic mass is 10.0. The quantitative estimate of drug-likeness (QED) is 0.715. The molecule has 1 unspecified atom stereocenters. The van der Waals surface area contributed by atoms with Crippen LogP contribution in [0.1, 0.15) is 49.5 Å². The zero-order chi connectivity index (χ0) is 23.0. The Balaban J connectivity index is 1.55. The second-order valence-electron chi connectivity index (χ2n) is 7.78. The van der Waals surface area contributed by atoms with Crippen molar-refractivity contribution in [2.75, 3.05) is 13.6 Å². The lowest BCUT2D eigenvalue weighted by Gasteiger charge is -2.27. The fourth-order valence-corrected chi connectivity index (χ4v) is 3.95. The molecule has 2 aromatic carbocycles. The fraction of sp³-hybridized carbons (Fsp3) is 0.261. The number of likely N-dealkylation sites (N-methyl/N-ethyl adjacent to an activating group) is 1. The number of hydrogen-bond donors (Lipinski definition) is 1. The summed E-state index contributed by atoms with van der Waals surface area (Å²) in [6, 6.07) is 9.27. The molecule has 9 heteroatoms. The fourth-order valence-electron chi connectivity index (χ4n) is 3.95. The van der Waals surface area contributed by atoms with Crippen molar-refractivity contribution >= 4 is 29.5 Å². The molecule has 2 aromatic rings. The molecule has 2 aliphatic rings. The Kier molecular flexibility index (Phi) is 5.56. The normalized spacial score (nSPS) is 17.9. The first-order chi connectivity index (χ1) is 15.3. The lowest BCUT2D eigenvalue weighted by Crippen LogP contribution is -2.54. The minimum Gasteiger partial charge on any atom is -0.341 e. The second kappa shape index (κ2) is 8.33. The van der Waals surface area contributed by atoms with Gasteiger partial charge in [-0.1, -0.05) is 18.2 Å². The van der Waals surface area contributed by atoms with Gasteiger partial charge in [-0.25, -0.2) is 4.39 Å². The molecule has 164 valence electrons. The predicted molar refractivity (Wildman–Crippen MR) is 110 cm³/mol. The van der Waals surface area contributed by atoms with Crippen molar-refractivity contribution in [3.8, 4) is 0 Å². The van der Waals surface area contributed by atoms with Gasteiger partial charge in [0.15, 0.2) is 0 Å². The number of piperidine rings is 1. The largest absolute Gasteiger partial charge is 0.341 e. The van der Waals surface area contributed by atoms with Crippen molar-refractivity contribution in [3.63, 3.8) is 0 Å². The Bertz CT molecular complexity index is 1140. The molecule has 0 radical (unpaired) electrons. The van der Waals surface area contributed by atoms with Crippen molar-refractivity contribution in [2.24, 2.45) is 0 Å². The van der Waals surface area contributed by atoms with E-state index in [-0.39, 0.29) is 35.3 Å². The van der Waals surface area contributed by atoms with Crippen LogP contribution in [0.5, 0.6) is 0 Å². The maximum atomic E-state index is 13.1. The van der Waals surface area contributed by atoms with E-state index in [2.05, 4.69) is 5.32 Å². The van der Waals surface area contributed by atoms with Gasteiger partial charge in [-0.3, -0.25) is 34.2 Å². The van der Waals surface area contributed by atoms with Crippen LogP contribution in [0.2, 0.25) is 0 Å². The molecular weight excluding hydrogens is 417 g/mol. The molecule has 2 heterocycles. The number of carbonyl (C=O) groups excluding carboxylic acids is 5. The first kappa shape index (κ1) is 21.4. The molecule has 2 aliphatic heterocycles. The number of amides is 5. The van der Waals surface area contributed by atoms with Gasteiger partial charge in [0.1, 0.15) is 11.9 Å². The number of halogens is 1. The Morgan fingerprint density at radius 3 is 2.50 bits per heavy atom. The first-order valence-corrected chi connectivity index (χ1v) is 10.1. The van der Waals surface area contributed by atoms with Crippen LogP contribution in [0.25, 0.3) is 0 Å². The highest BCUT2D eigenvalue weighted by Crippen LogP contribution is 2.30. The van der Waals surface area contributed by atoms with E-state index in [0.29, 0.717) is 13.0 Å². The predicted octanol–water partition coefficient (Wildman–Crippen LogP) is 1.54. The highest BCUT2D eigenvalue weighted by molar-refractivity contribution is 6.26. The molecule has 0 saturated carbocycles. The Morgan fingerprint density at radius 1 is 1.09 bits per heavy atom. The molecule has 1 atom stereocenters. The number of nitrogens with zero attached hydrogens (tertiary/aromatic N) is 2. The van der Waals surface area contributed by atoms with Gasteiger partial charge in [0.2, 0.25) is 11.8 Å². The molecule has 0 bridgehead atoms. The van der Waals surface area contributed by atoms with Crippen LogP contribution in [0.4, 0.5) is 4.39 Å². The average Bonchev–Trinajstić information content (AvgIpc) is 3.03. The third kappa shape index (κ3) is 3.77. The molecule has 8 nitrogen and oxygen atoms in total. The highest BCUT2D eigenvalue weighted by Gasteiger charge is 2.46. The van der Waals surface area contributed by atoms with Crippen molar-refractivity contribution in [1.29, 1.82) is 0 Å². The molecule has 5 amide bonds. The summed E-state index contributed by atoms with van der Waals surface area (Å²) in [6.45, 7) is 0.313. The standard InChI is InChI=1S/C23H20FN3O5/c1-26(12-11-13-5-7-14(24)8-6-13)21(30)15-3-2-4-16-19(15)23(32)27(22(16)31)17-9-10-18(28)25-20(17)29/h2-8,17H,9-12H2,1H3,(H,25,28,29). The third-order valence-corrected chi connectivity index (χ3v) is 5.69. The van der Waals surface area contributed by atoms with Crippen molar-refractivity contribution in [3.05, 3.63) is 70.5 Å². The van der Waals surface area contributed by atoms with Crippen LogP contribution < -0.4 is 5.32 Å². The molecule has 4 rings (SSSR count). The highest BCUT2D eigenvalue weighted by atomic mass is 19.1. The molecule has 1 fully saturated rings. The maximum Gasteiger partial charge on any atom is 0.263 e. The van der Waals surface area contributed by atoms with E-state index in [4.69, 9.17) is 0 Å². The molecule has 0 aliphatic carbocycles. The topological polar surface area (TPSA) is 104 Å². The van der Waals surface area contributed by atoms with Crippen LogP contribution in [-0.2, 0) is 16.0 Å². The van der Waals surface area contributed by atoms with Crippen LogP contribution in [0.15, 0.2) is 42.5 Å². The van der Waals surface area contributed by atoms with Crippen molar-refractivity contribution < 1.29 is 28.4 Å². The smallest absolute Gasteiger partial charge is 0.263 e. The molecule has 32 heavy (non-hydrogen) atoms. The van der Waals surface area contributed by atoms with Gasteiger partial charge in [0, 0.05) is 20.0 Å². The van der Waals surface area contributed by atoms with E-state index in [0.717, 1.165) is 10.5 Å². The van der Waals surface area contributed by atoms with Crippen LogP contribution in [0, 0.1) is 5.82 Å². The maximum absolute atomic E-state index is 13.1. The molecule has 0 spiro atoms. The van der Waals surface area contributed by atoms with E-state index < -0.39 is 35.6 Å². The van der Waals surface area contributed by atoms with E-state index in [1.54, 1.807) is 19.2 Å². The third-order valence-electron chi connectivity index (χ3n) is 5.69. The zero-order valence-corrected chi connectivity index (χ0v) is 17.3. The molecule has 1 N–H and O–H groups in total. The lowest BCUT2D eigenvalue weighted by molar-refractivity contribution is -0.136. The van der Waals surface area contributed by atoms with Gasteiger partial charge in [-0.05, 0) is 42.7 Å². The van der Waals surface area contributed by atoms with Crippen molar-refractivity contribution in [2.45, 2.75) is 25.3 Å². The second-order valence-corrected chi connectivity index (χ2v) is 7.78. The summed E-state index contributed by atoms with van der Waals surface area (Å²) < 4.78 is 13.1. The van der Waals surface area contributed by atoms with Crippen molar-refractivity contribution in [1.82, 2.24) is 15.1 Å². The van der Waals surface area contributed by atoms with E-state index in [1.807, 2.05) is 0 Å². The summed E-state index contributed by atoms with van der Waals surface area (Å²) in [4.78, 5) is 65.0. The van der Waals surface area contributed by atoms with Gasteiger partial charge >= 0.3 is 0 Å². The minimum absolute atomic E-state index is 0.0156. The number of hydrogen-bond acceptors (Lipinski definition) is 5. The summed E-state index contributed by atoms with van der Waals surface area (Å²) in [5, 5.41) is 2.14. The first-order valence-electron chi connectivity index (χ1n) is 10.1. The zero-order valence-electron chi connectivity index (χ0n) is 17.3. The number of rotatable bonds is 5. The summed E-state index contributed by atoms with van der Waals surface area (Å²) >= 11 is 0. The molecule has 0 aromatic heterocycles. The van der Waals surface area contributed by atoms with Gasteiger partial charge in [0.25, 0.3) is 17.7 Å². The van der Waals surface area contributed by atoms with Gasteiger partial charge < -0.3 is 4.90 Å². The number of benzene rings is 2. The van der Waals surface area contributed by atoms with Gasteiger partial charge in [-0.2, -0.15) is 0 Å². The monoisotopic (exact) mass is 437 g/mol. The SMILES string of the molecule is CN(CCc1ccc(F)cc1)C(=O)c1cccc2c1C(=O)N(C1CCC(=O)NC1=O)C2=O. The average molecular weight is 437 g/mol. The molecule has 1 saturated heterocycles. The number of carbonyl (C=O) groups is 5. The number of imide groups is 2. The Morgan fingerprint density at radius 2 is 1.81 bits per heavy atom. The van der Waals surface area contributed by atoms with Crippen LogP contribution in [0.3, 0.4) is 0 Å². The van der Waals surface area contributed by atoms with E-state index >= 15 is 0 Å². The summed E-state index contributed by atoms with van der Waals surface area (Å²) in [6.07, 6.45) is 0.533. The van der Waals surface area contributed by atoms with E-state index in [9.17, 15) is 28.4 Å². The summed E-state index contributed by atoms with van der Waals surface area (Å²) in [5.41, 5.74) is 0.926. The number of fused-ring (bicyclic) bond motifs is 1. The Hall–Kier alpha value is -3.88. The van der Waals surface area contributed by atoms with Gasteiger partial charge in [0.05, 0.1) is 16.7 Å². The molecular formula is C23H20FN3O5. The van der Waals surface area contributed by atoms with Gasteiger partial charge in [-0.15, -0.1) is 0 Å². The summed E-state index contributed by atoms with van der Waals surface area (Å²) in [5.74, 6) is -3.35. The Labute approximate surface area is 183 Å². The summed E-state index contributed by atoms with van der Waals surface area (Å²) in [7, 11) is 1.57. The minimum atomic E-state index is -1.10. The van der Waals surface area contributed by atoms with Crippen LogP contribution in [-0.4, -0.2) is 59.0 Å². The number of nitrogens with one attached hydrogen (secondary N) is 1.